The van der Waals surface area contributed by atoms with Gasteiger partial charge in [-0.25, -0.2) is 9.97 Å². The minimum atomic E-state index is 0.286. The van der Waals surface area contributed by atoms with E-state index in [-0.39, 0.29) is 5.92 Å². The Morgan fingerprint density at radius 1 is 1.43 bits per heavy atom. The van der Waals surface area contributed by atoms with Crippen LogP contribution in [0.3, 0.4) is 0 Å². The number of aromatic nitrogens is 2. The van der Waals surface area contributed by atoms with Gasteiger partial charge < -0.3 is 5.73 Å². The van der Waals surface area contributed by atoms with E-state index in [0.29, 0.717) is 11.6 Å². The molecule has 0 aliphatic rings. The van der Waals surface area contributed by atoms with Crippen LogP contribution in [0, 0.1) is 12.8 Å². The highest BCUT2D eigenvalue weighted by atomic mass is 14.9. The molecule has 0 aliphatic carbocycles. The molecule has 3 heteroatoms. The van der Waals surface area contributed by atoms with Crippen LogP contribution >= 0.6 is 0 Å². The van der Waals surface area contributed by atoms with Crippen LogP contribution < -0.4 is 5.73 Å². The van der Waals surface area contributed by atoms with Gasteiger partial charge in [0.15, 0.2) is 0 Å². The Hall–Kier alpha value is -1.38. The lowest BCUT2D eigenvalue weighted by Gasteiger charge is -2.17. The van der Waals surface area contributed by atoms with Crippen molar-refractivity contribution in [2.45, 2.75) is 26.7 Å². The molecule has 2 N–H and O–H groups in total. The van der Waals surface area contributed by atoms with Crippen LogP contribution in [0.1, 0.15) is 31.2 Å². The van der Waals surface area contributed by atoms with E-state index < -0.39 is 0 Å². The normalized spacial score (nSPS) is 14.8. The van der Waals surface area contributed by atoms with E-state index in [1.54, 1.807) is 6.33 Å². The molecule has 14 heavy (non-hydrogen) atoms. The van der Waals surface area contributed by atoms with Crippen molar-refractivity contribution in [2.24, 2.45) is 5.92 Å². The van der Waals surface area contributed by atoms with Gasteiger partial charge >= 0.3 is 0 Å². The SMILES string of the molecule is C=CC(C)C(C)c1ncnc(C)c1N. The third-order valence-corrected chi connectivity index (χ3v) is 2.71. The lowest BCUT2D eigenvalue weighted by Crippen LogP contribution is -2.10. The summed E-state index contributed by atoms with van der Waals surface area (Å²) in [5, 5.41) is 0. The predicted octanol–water partition coefficient (Wildman–Crippen LogP) is 2.29. The number of allylic oxidation sites excluding steroid dienone is 1. The van der Waals surface area contributed by atoms with E-state index in [4.69, 9.17) is 5.73 Å². The fraction of sp³-hybridized carbons (Fsp3) is 0.455. The van der Waals surface area contributed by atoms with Crippen molar-refractivity contribution < 1.29 is 0 Å². The average Bonchev–Trinajstić information content (AvgIpc) is 2.20. The molecular formula is C11H17N3. The van der Waals surface area contributed by atoms with Gasteiger partial charge in [0.25, 0.3) is 0 Å². The molecule has 0 aliphatic heterocycles. The smallest absolute Gasteiger partial charge is 0.116 e. The maximum atomic E-state index is 5.92. The Labute approximate surface area is 85.1 Å². The van der Waals surface area contributed by atoms with Crippen LogP contribution in [0.25, 0.3) is 0 Å². The van der Waals surface area contributed by atoms with Crippen molar-refractivity contribution in [1.29, 1.82) is 0 Å². The van der Waals surface area contributed by atoms with Gasteiger partial charge in [0.1, 0.15) is 6.33 Å². The minimum absolute atomic E-state index is 0.286. The van der Waals surface area contributed by atoms with E-state index >= 15 is 0 Å². The van der Waals surface area contributed by atoms with Crippen molar-refractivity contribution in [1.82, 2.24) is 9.97 Å². The summed E-state index contributed by atoms with van der Waals surface area (Å²) in [6.45, 7) is 9.88. The number of nitrogen functional groups attached to an aromatic ring is 1. The number of nitrogens with zero attached hydrogens (tertiary/aromatic N) is 2. The summed E-state index contributed by atoms with van der Waals surface area (Å²) in [4.78, 5) is 8.27. The largest absolute Gasteiger partial charge is 0.396 e. The van der Waals surface area contributed by atoms with Crippen LogP contribution in [0.4, 0.5) is 5.69 Å². The molecule has 3 nitrogen and oxygen atoms in total. The van der Waals surface area contributed by atoms with Crippen LogP contribution in [-0.4, -0.2) is 9.97 Å². The Balaban J connectivity index is 3.06. The van der Waals surface area contributed by atoms with Crippen molar-refractivity contribution in [3.8, 4) is 0 Å². The fourth-order valence-electron chi connectivity index (χ4n) is 1.32. The average molecular weight is 191 g/mol. The Morgan fingerprint density at radius 2 is 2.07 bits per heavy atom. The topological polar surface area (TPSA) is 51.8 Å². The molecule has 0 bridgehead atoms. The summed E-state index contributed by atoms with van der Waals surface area (Å²) in [5.74, 6) is 0.654. The van der Waals surface area contributed by atoms with Crippen molar-refractivity contribution >= 4 is 5.69 Å². The summed E-state index contributed by atoms with van der Waals surface area (Å²) in [5.41, 5.74) is 8.39. The molecule has 1 heterocycles. The molecule has 1 aromatic heterocycles. The third kappa shape index (κ3) is 1.92. The molecule has 0 radical (unpaired) electrons. The Bertz CT molecular complexity index is 333. The number of rotatable bonds is 3. The maximum Gasteiger partial charge on any atom is 0.116 e. The van der Waals surface area contributed by atoms with Gasteiger partial charge in [0.2, 0.25) is 0 Å². The third-order valence-electron chi connectivity index (χ3n) is 2.71. The molecule has 2 unspecified atom stereocenters. The molecular weight excluding hydrogens is 174 g/mol. The molecule has 1 rings (SSSR count). The van der Waals surface area contributed by atoms with Gasteiger partial charge in [0, 0.05) is 5.92 Å². The lowest BCUT2D eigenvalue weighted by atomic mass is 9.91. The highest BCUT2D eigenvalue weighted by molar-refractivity contribution is 5.48. The molecule has 0 saturated heterocycles. The number of hydrogen-bond donors (Lipinski definition) is 1. The summed E-state index contributed by atoms with van der Waals surface area (Å²) in [6.07, 6.45) is 3.48. The van der Waals surface area contributed by atoms with Gasteiger partial charge in [-0.15, -0.1) is 6.58 Å². The summed E-state index contributed by atoms with van der Waals surface area (Å²) >= 11 is 0. The zero-order valence-corrected chi connectivity index (χ0v) is 8.99. The molecule has 1 aromatic rings. The summed E-state index contributed by atoms with van der Waals surface area (Å²) < 4.78 is 0. The van der Waals surface area contributed by atoms with Gasteiger partial charge in [-0.05, 0) is 12.8 Å². The minimum Gasteiger partial charge on any atom is -0.396 e. The van der Waals surface area contributed by atoms with Gasteiger partial charge in [-0.3, -0.25) is 0 Å². The number of hydrogen-bond acceptors (Lipinski definition) is 3. The van der Waals surface area contributed by atoms with Crippen LogP contribution in [0.15, 0.2) is 19.0 Å². The number of aryl methyl sites for hydroxylation is 1. The first kappa shape index (κ1) is 10.7. The van der Waals surface area contributed by atoms with E-state index in [1.807, 2.05) is 13.0 Å². The first-order valence-corrected chi connectivity index (χ1v) is 4.77. The van der Waals surface area contributed by atoms with Gasteiger partial charge in [-0.2, -0.15) is 0 Å². The van der Waals surface area contributed by atoms with E-state index in [9.17, 15) is 0 Å². The molecule has 0 amide bonds. The van der Waals surface area contributed by atoms with Crippen molar-refractivity contribution in [3.05, 3.63) is 30.4 Å². The van der Waals surface area contributed by atoms with Crippen LogP contribution in [0.2, 0.25) is 0 Å². The Morgan fingerprint density at radius 3 is 2.64 bits per heavy atom. The highest BCUT2D eigenvalue weighted by Crippen LogP contribution is 2.27. The quantitative estimate of drug-likeness (QED) is 0.746. The molecule has 76 valence electrons. The van der Waals surface area contributed by atoms with E-state index in [1.165, 1.54) is 0 Å². The molecule has 0 aromatic carbocycles. The van der Waals surface area contributed by atoms with Gasteiger partial charge in [0.05, 0.1) is 17.1 Å². The van der Waals surface area contributed by atoms with Gasteiger partial charge in [-0.1, -0.05) is 19.9 Å². The van der Waals surface area contributed by atoms with Crippen LogP contribution in [-0.2, 0) is 0 Å². The van der Waals surface area contributed by atoms with E-state index in [2.05, 4.69) is 30.4 Å². The maximum absolute atomic E-state index is 5.92. The zero-order valence-electron chi connectivity index (χ0n) is 8.99. The fourth-order valence-corrected chi connectivity index (χ4v) is 1.32. The second-order valence-corrected chi connectivity index (χ2v) is 3.64. The molecule has 0 fully saturated rings. The highest BCUT2D eigenvalue weighted by Gasteiger charge is 2.16. The number of anilines is 1. The first-order valence-electron chi connectivity index (χ1n) is 4.77. The van der Waals surface area contributed by atoms with Crippen LogP contribution in [0.5, 0.6) is 0 Å². The zero-order chi connectivity index (χ0) is 10.7. The van der Waals surface area contributed by atoms with Crippen molar-refractivity contribution in [2.75, 3.05) is 5.73 Å². The molecule has 0 spiro atoms. The molecule has 0 saturated carbocycles. The predicted molar refractivity (Wildman–Crippen MR) is 59.0 cm³/mol. The second kappa shape index (κ2) is 4.22. The summed E-state index contributed by atoms with van der Waals surface area (Å²) in [6, 6.07) is 0. The molecule has 2 atom stereocenters. The van der Waals surface area contributed by atoms with E-state index in [0.717, 1.165) is 11.4 Å². The monoisotopic (exact) mass is 191 g/mol. The number of nitrogens with two attached hydrogens (primary N) is 1. The second-order valence-electron chi connectivity index (χ2n) is 3.64. The lowest BCUT2D eigenvalue weighted by molar-refractivity contribution is 0.577. The first-order chi connectivity index (χ1) is 6.57. The van der Waals surface area contributed by atoms with Crippen molar-refractivity contribution in [3.63, 3.8) is 0 Å². The summed E-state index contributed by atoms with van der Waals surface area (Å²) in [7, 11) is 0. The standard InChI is InChI=1S/C11H17N3/c1-5-7(2)8(3)11-10(12)9(4)13-6-14-11/h5-8H,1,12H2,2-4H3. The Kier molecular flexibility index (Phi) is 3.23.